The second kappa shape index (κ2) is 7.11. The van der Waals surface area contributed by atoms with Crippen molar-refractivity contribution in [2.24, 2.45) is 0 Å². The van der Waals surface area contributed by atoms with Gasteiger partial charge in [0.05, 0.1) is 15.6 Å². The van der Waals surface area contributed by atoms with E-state index >= 15 is 0 Å². The minimum atomic E-state index is -0.493. The van der Waals surface area contributed by atoms with Crippen LogP contribution in [-0.4, -0.2) is 15.8 Å². The number of hydrogen-bond acceptors (Lipinski definition) is 4. The molecule has 1 heterocycles. The molecule has 2 aromatic carbocycles. The van der Waals surface area contributed by atoms with Crippen LogP contribution in [0.25, 0.3) is 11.3 Å². The third-order valence-electron chi connectivity index (χ3n) is 3.51. The van der Waals surface area contributed by atoms with Crippen molar-refractivity contribution in [3.63, 3.8) is 0 Å². The number of anilines is 1. The van der Waals surface area contributed by atoms with Crippen LogP contribution in [0.4, 0.5) is 11.4 Å². The number of nitrogens with one attached hydrogen (secondary N) is 1. The first-order valence-corrected chi connectivity index (χ1v) is 7.69. The quantitative estimate of drug-likeness (QED) is 0.550. The Hall–Kier alpha value is -3.25. The first-order chi connectivity index (χ1) is 12.0. The first kappa shape index (κ1) is 16.6. The van der Waals surface area contributed by atoms with Gasteiger partial charge in [-0.15, -0.1) is 0 Å². The van der Waals surface area contributed by atoms with E-state index in [9.17, 15) is 14.9 Å². The number of rotatable bonds is 4. The van der Waals surface area contributed by atoms with E-state index in [-0.39, 0.29) is 11.6 Å². The van der Waals surface area contributed by atoms with Crippen molar-refractivity contribution in [1.29, 1.82) is 0 Å². The molecule has 1 amide bonds. The number of nitro benzene ring substituents is 1. The minimum absolute atomic E-state index is 0.0328. The van der Waals surface area contributed by atoms with Crippen LogP contribution in [0.5, 0.6) is 0 Å². The average Bonchev–Trinajstić information content (AvgIpc) is 2.63. The molecule has 0 fully saturated rings. The van der Waals surface area contributed by atoms with E-state index in [1.165, 1.54) is 24.3 Å². The maximum absolute atomic E-state index is 12.3. The number of nitro groups is 1. The Kier molecular flexibility index (Phi) is 4.72. The van der Waals surface area contributed by atoms with E-state index in [0.29, 0.717) is 22.0 Å². The summed E-state index contributed by atoms with van der Waals surface area (Å²) in [6.07, 6.45) is 1.65. The number of carbonyl (C=O) groups excluding carboxylic acids is 1. The monoisotopic (exact) mass is 353 g/mol. The van der Waals surface area contributed by atoms with E-state index in [4.69, 9.17) is 11.6 Å². The maximum Gasteiger partial charge on any atom is 0.269 e. The molecule has 0 aliphatic rings. The third kappa shape index (κ3) is 3.81. The third-order valence-corrected chi connectivity index (χ3v) is 3.82. The lowest BCUT2D eigenvalue weighted by atomic mass is 10.1. The van der Waals surface area contributed by atoms with Crippen molar-refractivity contribution in [3.8, 4) is 11.3 Å². The smallest absolute Gasteiger partial charge is 0.269 e. The van der Waals surface area contributed by atoms with Crippen molar-refractivity contribution in [3.05, 3.63) is 87.6 Å². The van der Waals surface area contributed by atoms with Gasteiger partial charge in [-0.1, -0.05) is 23.7 Å². The molecule has 0 aliphatic heterocycles. The van der Waals surface area contributed by atoms with Gasteiger partial charge in [0.2, 0.25) is 0 Å². The summed E-state index contributed by atoms with van der Waals surface area (Å²) in [6.45, 7) is 0. The lowest BCUT2D eigenvalue weighted by Gasteiger charge is -2.07. The van der Waals surface area contributed by atoms with Crippen LogP contribution in [-0.2, 0) is 0 Å². The van der Waals surface area contributed by atoms with Gasteiger partial charge in [0.15, 0.2) is 0 Å². The largest absolute Gasteiger partial charge is 0.322 e. The van der Waals surface area contributed by atoms with Crippen molar-refractivity contribution >= 4 is 28.9 Å². The molecule has 1 aromatic heterocycles. The van der Waals surface area contributed by atoms with Crippen LogP contribution in [0.1, 0.15) is 10.4 Å². The Labute approximate surface area is 148 Å². The predicted octanol–water partition coefficient (Wildman–Crippen LogP) is 4.56. The van der Waals surface area contributed by atoms with Crippen molar-refractivity contribution in [2.45, 2.75) is 0 Å². The summed E-state index contributed by atoms with van der Waals surface area (Å²) in [4.78, 5) is 26.6. The van der Waals surface area contributed by atoms with Crippen LogP contribution in [0.3, 0.4) is 0 Å². The van der Waals surface area contributed by atoms with Crippen molar-refractivity contribution in [1.82, 2.24) is 4.98 Å². The fraction of sp³-hybridized carbons (Fsp3) is 0. The molecular weight excluding hydrogens is 342 g/mol. The summed E-state index contributed by atoms with van der Waals surface area (Å²) in [5, 5.41) is 13.9. The molecule has 124 valence electrons. The molecule has 6 nitrogen and oxygen atoms in total. The molecule has 25 heavy (non-hydrogen) atoms. The van der Waals surface area contributed by atoms with Crippen LogP contribution in [0.15, 0.2) is 66.9 Å². The van der Waals surface area contributed by atoms with Crippen LogP contribution < -0.4 is 5.32 Å². The predicted molar refractivity (Wildman–Crippen MR) is 95.7 cm³/mol. The Balaban J connectivity index is 1.74. The molecule has 0 saturated carbocycles. The lowest BCUT2D eigenvalue weighted by Crippen LogP contribution is -2.11. The summed E-state index contributed by atoms with van der Waals surface area (Å²) in [5.41, 5.74) is 2.35. The second-order valence-corrected chi connectivity index (χ2v) is 5.58. The van der Waals surface area contributed by atoms with E-state index < -0.39 is 4.92 Å². The van der Waals surface area contributed by atoms with Gasteiger partial charge < -0.3 is 5.32 Å². The summed E-state index contributed by atoms with van der Waals surface area (Å²) < 4.78 is 0. The molecule has 3 rings (SSSR count). The normalized spacial score (nSPS) is 10.3. The highest BCUT2D eigenvalue weighted by Gasteiger charge is 2.10. The summed E-state index contributed by atoms with van der Waals surface area (Å²) in [7, 11) is 0. The van der Waals surface area contributed by atoms with Gasteiger partial charge in [0, 0.05) is 35.1 Å². The maximum atomic E-state index is 12.3. The molecule has 0 spiro atoms. The number of pyridine rings is 1. The molecule has 0 radical (unpaired) electrons. The lowest BCUT2D eigenvalue weighted by molar-refractivity contribution is -0.384. The van der Waals surface area contributed by atoms with Crippen LogP contribution in [0, 0.1) is 10.1 Å². The number of carbonyl (C=O) groups is 1. The fourth-order valence-corrected chi connectivity index (χ4v) is 2.48. The molecule has 1 N–H and O–H groups in total. The van der Waals surface area contributed by atoms with Gasteiger partial charge in [-0.2, -0.15) is 0 Å². The van der Waals surface area contributed by atoms with Crippen molar-refractivity contribution in [2.75, 3.05) is 5.32 Å². The minimum Gasteiger partial charge on any atom is -0.322 e. The standard InChI is InChI=1S/C18H12ClN3O3/c19-16-2-1-11-20-17(16)12-3-5-13(6-4-12)18(23)21-14-7-9-15(10-8-14)22(24)25/h1-11H,(H,21,23). The van der Waals surface area contributed by atoms with E-state index in [1.54, 1.807) is 42.6 Å². The zero-order valence-electron chi connectivity index (χ0n) is 12.8. The molecule has 0 aliphatic carbocycles. The molecule has 7 heteroatoms. The molecule has 0 atom stereocenters. The van der Waals surface area contributed by atoms with Gasteiger partial charge in [-0.05, 0) is 36.4 Å². The number of benzene rings is 2. The van der Waals surface area contributed by atoms with E-state index in [2.05, 4.69) is 10.3 Å². The summed E-state index contributed by atoms with van der Waals surface area (Å²) in [5.74, 6) is -0.312. The topological polar surface area (TPSA) is 85.1 Å². The number of non-ortho nitro benzene ring substituents is 1. The number of amides is 1. The molecule has 0 unspecified atom stereocenters. The van der Waals surface area contributed by atoms with Gasteiger partial charge in [0.25, 0.3) is 11.6 Å². The Morgan fingerprint density at radius 2 is 1.72 bits per heavy atom. The zero-order chi connectivity index (χ0) is 17.8. The van der Waals surface area contributed by atoms with E-state index in [1.807, 2.05) is 0 Å². The molecular formula is C18H12ClN3O3. The Morgan fingerprint density at radius 1 is 1.04 bits per heavy atom. The first-order valence-electron chi connectivity index (χ1n) is 7.31. The van der Waals surface area contributed by atoms with Gasteiger partial charge in [-0.25, -0.2) is 0 Å². The van der Waals surface area contributed by atoms with Gasteiger partial charge >= 0.3 is 0 Å². The highest BCUT2D eigenvalue weighted by molar-refractivity contribution is 6.33. The Bertz CT molecular complexity index is 925. The average molecular weight is 354 g/mol. The highest BCUT2D eigenvalue weighted by Crippen LogP contribution is 2.25. The Morgan fingerprint density at radius 3 is 2.32 bits per heavy atom. The highest BCUT2D eigenvalue weighted by atomic mass is 35.5. The van der Waals surface area contributed by atoms with E-state index in [0.717, 1.165) is 5.56 Å². The summed E-state index contributed by atoms with van der Waals surface area (Å²) in [6, 6.07) is 16.0. The van der Waals surface area contributed by atoms with Crippen LogP contribution in [0.2, 0.25) is 5.02 Å². The molecule has 3 aromatic rings. The number of hydrogen-bond donors (Lipinski definition) is 1. The van der Waals surface area contributed by atoms with Crippen LogP contribution >= 0.6 is 11.6 Å². The second-order valence-electron chi connectivity index (χ2n) is 5.17. The zero-order valence-corrected chi connectivity index (χ0v) is 13.6. The number of nitrogens with zero attached hydrogens (tertiary/aromatic N) is 2. The number of aromatic nitrogens is 1. The fourth-order valence-electron chi connectivity index (χ4n) is 2.25. The number of halogens is 1. The van der Waals surface area contributed by atoms with Gasteiger partial charge in [0.1, 0.15) is 0 Å². The SMILES string of the molecule is O=C(Nc1ccc([N+](=O)[O-])cc1)c1ccc(-c2ncccc2Cl)cc1. The molecule has 0 saturated heterocycles. The summed E-state index contributed by atoms with van der Waals surface area (Å²) >= 11 is 6.11. The van der Waals surface area contributed by atoms with Gasteiger partial charge in [-0.3, -0.25) is 19.9 Å². The van der Waals surface area contributed by atoms with Crippen molar-refractivity contribution < 1.29 is 9.72 Å². The molecule has 0 bridgehead atoms.